The van der Waals surface area contributed by atoms with E-state index in [1.807, 2.05) is 79.9 Å². The highest BCUT2D eigenvalue weighted by molar-refractivity contribution is 5.96. The van der Waals surface area contributed by atoms with E-state index in [1.54, 1.807) is 18.2 Å². The maximum Gasteiger partial charge on any atom is 0.326 e. The van der Waals surface area contributed by atoms with Crippen molar-refractivity contribution < 1.29 is 24.2 Å². The predicted molar refractivity (Wildman–Crippen MR) is 144 cm³/mol. The van der Waals surface area contributed by atoms with Crippen LogP contribution in [-0.2, 0) is 19.1 Å². The normalized spacial score (nSPS) is 19.5. The molecule has 1 aromatic rings. The van der Waals surface area contributed by atoms with Crippen LogP contribution in [0.5, 0.6) is 0 Å². The minimum atomic E-state index is -1.36. The Hall–Kier alpha value is -4.66. The van der Waals surface area contributed by atoms with Crippen LogP contribution in [0.2, 0.25) is 0 Å². The summed E-state index contributed by atoms with van der Waals surface area (Å²) in [6, 6.07) is 2.49. The van der Waals surface area contributed by atoms with Crippen LogP contribution in [0.3, 0.4) is 0 Å². The molecule has 37 heavy (non-hydrogen) atoms. The van der Waals surface area contributed by atoms with Crippen molar-refractivity contribution in [2.75, 3.05) is 0 Å². The molecule has 2 heterocycles. The Morgan fingerprint density at radius 3 is 2.35 bits per heavy atom. The van der Waals surface area contributed by atoms with Crippen molar-refractivity contribution in [1.29, 1.82) is 0 Å². The van der Waals surface area contributed by atoms with E-state index < -0.39 is 30.2 Å². The number of nitrogens with zero attached hydrogens (tertiary/aromatic N) is 1. The van der Waals surface area contributed by atoms with Crippen LogP contribution in [0.4, 0.5) is 0 Å². The molecular formula is C28H32N4O5. The Labute approximate surface area is 216 Å². The summed E-state index contributed by atoms with van der Waals surface area (Å²) in [6.07, 6.45) is 25.1. The Bertz CT molecular complexity index is 1170. The van der Waals surface area contributed by atoms with Gasteiger partial charge in [0.25, 0.3) is 0 Å². The van der Waals surface area contributed by atoms with Crippen LogP contribution in [0.15, 0.2) is 102 Å². The van der Waals surface area contributed by atoms with Crippen LogP contribution in [0.25, 0.3) is 6.08 Å². The van der Waals surface area contributed by atoms with Crippen LogP contribution < -0.4 is 11.1 Å². The Morgan fingerprint density at radius 1 is 1.11 bits per heavy atom. The van der Waals surface area contributed by atoms with Gasteiger partial charge in [-0.25, -0.2) is 9.79 Å². The Balaban J connectivity index is 1.74. The lowest BCUT2D eigenvalue weighted by Crippen LogP contribution is -2.43. The first-order valence-electron chi connectivity index (χ1n) is 11.7. The molecule has 1 aromatic heterocycles. The number of allylic oxidation sites excluding steroid dienone is 10. The molecule has 0 saturated carbocycles. The van der Waals surface area contributed by atoms with E-state index in [2.05, 4.69) is 15.3 Å². The first-order valence-corrected chi connectivity index (χ1v) is 11.7. The van der Waals surface area contributed by atoms with Gasteiger partial charge in [0.2, 0.25) is 17.7 Å². The standard InChI is InChI=1S/C28H32N4O5/c1-20(27(34)32-24(28(35)36)19-25(29)33)13-10-8-6-4-3-5-7-9-11-15-23-21(2)37-26(31-23)17-16-22-14-12-18-30-22/h3-18,21,23-24,30H,19H2,1-2H3,(H2,29,33)(H,32,34)(H,35,36). The summed E-state index contributed by atoms with van der Waals surface area (Å²) in [7, 11) is 0. The molecule has 0 saturated heterocycles. The molecule has 0 aliphatic carbocycles. The van der Waals surface area contributed by atoms with Gasteiger partial charge < -0.3 is 25.9 Å². The summed E-state index contributed by atoms with van der Waals surface area (Å²) in [5.74, 6) is -2.11. The molecule has 3 unspecified atom stereocenters. The van der Waals surface area contributed by atoms with E-state index in [0.717, 1.165) is 5.69 Å². The largest absolute Gasteiger partial charge is 0.480 e. The van der Waals surface area contributed by atoms with Gasteiger partial charge in [0.1, 0.15) is 18.2 Å². The number of H-pyrrole nitrogens is 1. The fourth-order valence-electron chi connectivity index (χ4n) is 3.01. The van der Waals surface area contributed by atoms with Gasteiger partial charge in [-0.2, -0.15) is 0 Å². The average Bonchev–Trinajstić information content (AvgIpc) is 3.49. The second-order valence-corrected chi connectivity index (χ2v) is 8.05. The number of carbonyl (C=O) groups is 3. The quantitative estimate of drug-likeness (QED) is 0.240. The molecule has 2 rings (SSSR count). The molecule has 9 heteroatoms. The molecule has 0 spiro atoms. The van der Waals surface area contributed by atoms with E-state index >= 15 is 0 Å². The fraction of sp³-hybridized carbons (Fsp3) is 0.214. The molecule has 9 nitrogen and oxygen atoms in total. The zero-order valence-electron chi connectivity index (χ0n) is 20.8. The smallest absolute Gasteiger partial charge is 0.326 e. The van der Waals surface area contributed by atoms with E-state index in [9.17, 15) is 14.4 Å². The zero-order chi connectivity index (χ0) is 27.0. The predicted octanol–water partition coefficient (Wildman–Crippen LogP) is 3.39. The molecular weight excluding hydrogens is 472 g/mol. The lowest BCUT2D eigenvalue weighted by molar-refractivity contribution is -0.142. The van der Waals surface area contributed by atoms with Crippen LogP contribution >= 0.6 is 0 Å². The minimum Gasteiger partial charge on any atom is -0.480 e. The summed E-state index contributed by atoms with van der Waals surface area (Å²) in [4.78, 5) is 41.7. The molecule has 0 radical (unpaired) electrons. The topological polar surface area (TPSA) is 147 Å². The van der Waals surface area contributed by atoms with E-state index in [0.29, 0.717) is 11.5 Å². The number of carboxylic acids is 1. The number of amides is 2. The van der Waals surface area contributed by atoms with Crippen LogP contribution in [0.1, 0.15) is 26.0 Å². The van der Waals surface area contributed by atoms with Crippen LogP contribution in [-0.4, -0.2) is 52.0 Å². The lowest BCUT2D eigenvalue weighted by atomic mass is 10.1. The molecule has 0 bridgehead atoms. The lowest BCUT2D eigenvalue weighted by Gasteiger charge is -2.12. The van der Waals surface area contributed by atoms with Gasteiger partial charge in [-0.15, -0.1) is 0 Å². The second-order valence-electron chi connectivity index (χ2n) is 8.05. The fourth-order valence-corrected chi connectivity index (χ4v) is 3.01. The second kappa shape index (κ2) is 15.4. The van der Waals surface area contributed by atoms with Crippen molar-refractivity contribution in [3.8, 4) is 0 Å². The first-order chi connectivity index (χ1) is 17.8. The zero-order valence-corrected chi connectivity index (χ0v) is 20.8. The van der Waals surface area contributed by atoms with Crippen molar-refractivity contribution >= 4 is 29.8 Å². The monoisotopic (exact) mass is 504 g/mol. The maximum absolute atomic E-state index is 12.0. The number of nitrogens with two attached hydrogens (primary N) is 1. The first kappa shape index (κ1) is 28.6. The number of aromatic amines is 1. The van der Waals surface area contributed by atoms with Crippen molar-refractivity contribution in [3.63, 3.8) is 0 Å². The highest BCUT2D eigenvalue weighted by atomic mass is 16.5. The van der Waals surface area contributed by atoms with Crippen molar-refractivity contribution in [2.24, 2.45) is 10.7 Å². The summed E-state index contributed by atoms with van der Waals surface area (Å²) >= 11 is 0. The van der Waals surface area contributed by atoms with E-state index in [-0.39, 0.29) is 12.1 Å². The van der Waals surface area contributed by atoms with Crippen molar-refractivity contribution in [1.82, 2.24) is 10.3 Å². The molecule has 2 amide bonds. The number of carbonyl (C=O) groups excluding carboxylic acids is 2. The van der Waals surface area contributed by atoms with Crippen molar-refractivity contribution in [3.05, 3.63) is 103 Å². The Morgan fingerprint density at radius 2 is 1.76 bits per heavy atom. The molecule has 194 valence electrons. The third kappa shape index (κ3) is 11.1. The number of carboxylic acid groups (broad SMARTS) is 1. The number of aliphatic carboxylic acids is 1. The minimum absolute atomic E-state index is 0.0318. The van der Waals surface area contributed by atoms with Gasteiger partial charge in [-0.1, -0.05) is 66.8 Å². The summed E-state index contributed by atoms with van der Waals surface area (Å²) < 4.78 is 5.76. The Kier molecular flexibility index (Phi) is 11.9. The van der Waals surface area contributed by atoms with Gasteiger partial charge in [0.15, 0.2) is 0 Å². The van der Waals surface area contributed by atoms with Gasteiger partial charge in [0.05, 0.1) is 6.42 Å². The summed E-state index contributed by atoms with van der Waals surface area (Å²) in [5, 5.41) is 11.3. The van der Waals surface area contributed by atoms with E-state index in [4.69, 9.17) is 15.6 Å². The SMILES string of the molecule is CC(=CC=CC=CC=CC=CC=CC1N=C(C=Cc2ccc[nH]2)OC1C)C(=O)NC(CC(N)=O)C(=O)O. The third-order valence-electron chi connectivity index (χ3n) is 5.00. The number of hydrogen-bond acceptors (Lipinski definition) is 5. The number of aliphatic imine (C=N–C) groups is 1. The maximum atomic E-state index is 12.0. The molecule has 1 aliphatic heterocycles. The number of rotatable bonds is 13. The van der Waals surface area contributed by atoms with Crippen LogP contribution in [0, 0.1) is 0 Å². The number of hydrogen-bond donors (Lipinski definition) is 4. The summed E-state index contributed by atoms with van der Waals surface area (Å²) in [5.41, 5.74) is 6.28. The average molecular weight is 505 g/mol. The van der Waals surface area contributed by atoms with Crippen molar-refractivity contribution in [2.45, 2.75) is 38.5 Å². The number of nitrogens with one attached hydrogen (secondary N) is 2. The van der Waals surface area contributed by atoms with Gasteiger partial charge in [0, 0.05) is 23.5 Å². The number of aromatic nitrogens is 1. The number of ether oxygens (including phenoxy) is 1. The highest BCUT2D eigenvalue weighted by Crippen LogP contribution is 2.16. The third-order valence-corrected chi connectivity index (χ3v) is 5.00. The van der Waals surface area contributed by atoms with Gasteiger partial charge >= 0.3 is 5.97 Å². The molecule has 5 N–H and O–H groups in total. The van der Waals surface area contributed by atoms with E-state index in [1.165, 1.54) is 13.0 Å². The summed E-state index contributed by atoms with van der Waals surface area (Å²) in [6.45, 7) is 3.52. The molecule has 1 aliphatic rings. The highest BCUT2D eigenvalue weighted by Gasteiger charge is 2.23. The van der Waals surface area contributed by atoms with Gasteiger partial charge in [-0.05, 0) is 32.1 Å². The molecule has 0 aromatic carbocycles. The molecule has 0 fully saturated rings. The van der Waals surface area contributed by atoms with Gasteiger partial charge in [-0.3, -0.25) is 9.59 Å². The number of primary amides is 1. The molecule has 3 atom stereocenters.